The number of carbonyl (C=O) groups excluding carboxylic acids is 1. The van der Waals surface area contributed by atoms with E-state index in [1.54, 1.807) is 12.1 Å². The Balaban J connectivity index is 0.00000240. The van der Waals surface area contributed by atoms with E-state index in [-0.39, 0.29) is 30.5 Å². The summed E-state index contributed by atoms with van der Waals surface area (Å²) in [7, 11) is 2.20. The Morgan fingerprint density at radius 3 is 2.45 bits per heavy atom. The van der Waals surface area contributed by atoms with Gasteiger partial charge in [0.25, 0.3) is 5.91 Å². The molecule has 7 heteroatoms. The summed E-state index contributed by atoms with van der Waals surface area (Å²) in [6, 6.07) is 4.74. The van der Waals surface area contributed by atoms with E-state index in [4.69, 9.17) is 22.1 Å². The van der Waals surface area contributed by atoms with Crippen LogP contribution in [0.15, 0.2) is 12.1 Å². The molecule has 0 radical (unpaired) electrons. The summed E-state index contributed by atoms with van der Waals surface area (Å²) in [4.78, 5) is 15.6. The summed E-state index contributed by atoms with van der Waals surface area (Å²) in [5.74, 6) is 0.983. The van der Waals surface area contributed by atoms with Gasteiger partial charge in [0.1, 0.15) is 5.75 Å². The quantitative estimate of drug-likeness (QED) is 0.651. The van der Waals surface area contributed by atoms with Crippen LogP contribution in [0.3, 0.4) is 0 Å². The molecule has 1 aromatic rings. The van der Waals surface area contributed by atoms with Gasteiger partial charge in [0.15, 0.2) is 0 Å². The maximum absolute atomic E-state index is 13.1. The zero-order valence-electron chi connectivity index (χ0n) is 17.3. The predicted molar refractivity (Wildman–Crippen MR) is 120 cm³/mol. The number of carbonyl (C=O) groups is 1. The molecule has 0 aromatic heterocycles. The second-order valence-electron chi connectivity index (χ2n) is 8.93. The van der Waals surface area contributed by atoms with Gasteiger partial charge in [-0.15, -0.1) is 12.4 Å². The lowest BCUT2D eigenvalue weighted by molar-refractivity contribution is 0.0871. The summed E-state index contributed by atoms with van der Waals surface area (Å²) in [6.07, 6.45) is 9.43. The van der Waals surface area contributed by atoms with Crippen molar-refractivity contribution in [3.63, 3.8) is 0 Å². The minimum absolute atomic E-state index is 0. The molecule has 1 saturated carbocycles. The number of benzene rings is 1. The maximum atomic E-state index is 13.1. The summed E-state index contributed by atoms with van der Waals surface area (Å²) < 4.78 is 6.24. The van der Waals surface area contributed by atoms with Crippen LogP contribution in [0.1, 0.15) is 68.6 Å². The molecular weight excluding hydrogens is 409 g/mol. The molecule has 2 saturated heterocycles. The Morgan fingerprint density at radius 2 is 1.83 bits per heavy atom. The summed E-state index contributed by atoms with van der Waals surface area (Å²) in [6.45, 7) is 2.09. The average molecular weight is 442 g/mol. The molecule has 3 aliphatic rings. The molecule has 1 aromatic carbocycles. The molecule has 3 N–H and O–H groups in total. The van der Waals surface area contributed by atoms with Gasteiger partial charge in [-0.3, -0.25) is 4.79 Å². The van der Waals surface area contributed by atoms with Gasteiger partial charge in [0, 0.05) is 24.2 Å². The summed E-state index contributed by atoms with van der Waals surface area (Å²) >= 11 is 6.24. The fourth-order valence-electron chi connectivity index (χ4n) is 5.36. The first-order valence-corrected chi connectivity index (χ1v) is 11.1. The molecule has 4 rings (SSSR count). The monoisotopic (exact) mass is 441 g/mol. The van der Waals surface area contributed by atoms with Crippen LogP contribution in [0.25, 0.3) is 0 Å². The van der Waals surface area contributed by atoms with Gasteiger partial charge in [-0.05, 0) is 64.5 Å². The van der Waals surface area contributed by atoms with Gasteiger partial charge in [-0.1, -0.05) is 24.4 Å². The first-order valence-electron chi connectivity index (χ1n) is 10.7. The molecule has 5 nitrogen and oxygen atoms in total. The zero-order chi connectivity index (χ0) is 19.8. The van der Waals surface area contributed by atoms with E-state index < -0.39 is 0 Å². The second-order valence-corrected chi connectivity index (χ2v) is 9.34. The highest BCUT2D eigenvalue weighted by molar-refractivity contribution is 6.33. The normalized spacial score (nSPS) is 28.0. The fraction of sp³-hybridized carbons (Fsp3) is 0.682. The lowest BCUT2D eigenvalue weighted by atomic mass is 9.97. The van der Waals surface area contributed by atoms with Crippen molar-refractivity contribution in [2.24, 2.45) is 5.92 Å². The minimum Gasteiger partial charge on any atom is -0.490 e. The molecule has 3 unspecified atom stereocenters. The SMILES string of the molecule is CC(Oc1cc(N)c(Cl)cc1C(=O)NC1CC2CCC(C1)N2C)C1CCCC1.Cl. The Labute approximate surface area is 185 Å². The first kappa shape index (κ1) is 22.5. The molecule has 3 fully saturated rings. The molecular formula is C22H33Cl2N3O2. The van der Waals surface area contributed by atoms with Gasteiger partial charge in [-0.2, -0.15) is 0 Å². The number of halogens is 2. The van der Waals surface area contributed by atoms with E-state index >= 15 is 0 Å². The lowest BCUT2D eigenvalue weighted by Crippen LogP contribution is -2.48. The number of fused-ring (bicyclic) bond motifs is 2. The van der Waals surface area contributed by atoms with Gasteiger partial charge >= 0.3 is 0 Å². The summed E-state index contributed by atoms with van der Waals surface area (Å²) in [5, 5.41) is 3.64. The van der Waals surface area contributed by atoms with Crippen LogP contribution in [-0.2, 0) is 0 Å². The maximum Gasteiger partial charge on any atom is 0.255 e. The smallest absolute Gasteiger partial charge is 0.255 e. The number of hydrogen-bond acceptors (Lipinski definition) is 4. The van der Waals surface area contributed by atoms with Gasteiger partial charge in [-0.25, -0.2) is 0 Å². The van der Waals surface area contributed by atoms with E-state index in [9.17, 15) is 4.79 Å². The van der Waals surface area contributed by atoms with Crippen molar-refractivity contribution in [3.05, 3.63) is 22.7 Å². The Kier molecular flexibility index (Phi) is 7.23. The van der Waals surface area contributed by atoms with E-state index in [0.717, 1.165) is 12.8 Å². The standard InChI is InChI=1S/C22H32ClN3O2.ClH/c1-13(14-5-3-4-6-14)28-21-12-20(24)19(23)11-18(21)22(27)25-15-9-16-7-8-17(10-15)26(16)2;/h11-17H,3-10,24H2,1-2H3,(H,25,27);1H. The third-order valence-electron chi connectivity index (χ3n) is 7.15. The van der Waals surface area contributed by atoms with Crippen molar-refractivity contribution in [2.45, 2.75) is 82.5 Å². The first-order chi connectivity index (χ1) is 13.4. The third-order valence-corrected chi connectivity index (χ3v) is 7.48. The number of piperidine rings is 1. The van der Waals surface area contributed by atoms with Crippen LogP contribution >= 0.6 is 24.0 Å². The number of nitrogen functional groups attached to an aromatic ring is 1. The van der Waals surface area contributed by atoms with Gasteiger partial charge in [0.2, 0.25) is 0 Å². The van der Waals surface area contributed by atoms with E-state index in [1.807, 2.05) is 0 Å². The number of nitrogens with zero attached hydrogens (tertiary/aromatic N) is 1. The average Bonchev–Trinajstić information content (AvgIpc) is 3.25. The number of amides is 1. The molecule has 3 atom stereocenters. The highest BCUT2D eigenvalue weighted by Gasteiger charge is 2.39. The topological polar surface area (TPSA) is 67.6 Å². The third kappa shape index (κ3) is 4.78. The number of rotatable bonds is 5. The number of hydrogen-bond donors (Lipinski definition) is 2. The molecule has 2 heterocycles. The number of ether oxygens (including phenoxy) is 1. The van der Waals surface area contributed by atoms with Crippen molar-refractivity contribution < 1.29 is 9.53 Å². The van der Waals surface area contributed by atoms with Crippen LogP contribution in [-0.4, -0.2) is 42.1 Å². The highest BCUT2D eigenvalue weighted by atomic mass is 35.5. The molecule has 162 valence electrons. The van der Waals surface area contributed by atoms with Crippen molar-refractivity contribution in [3.8, 4) is 5.75 Å². The molecule has 0 spiro atoms. The number of anilines is 1. The van der Waals surface area contributed by atoms with Crippen molar-refractivity contribution >= 4 is 35.6 Å². The van der Waals surface area contributed by atoms with E-state index in [1.165, 1.54) is 38.5 Å². The van der Waals surface area contributed by atoms with Crippen molar-refractivity contribution in [1.82, 2.24) is 10.2 Å². The number of nitrogens with one attached hydrogen (secondary N) is 1. The second kappa shape index (κ2) is 9.32. The minimum atomic E-state index is -0.107. The van der Waals surface area contributed by atoms with E-state index in [0.29, 0.717) is 40.0 Å². The van der Waals surface area contributed by atoms with Crippen LogP contribution in [0.5, 0.6) is 5.75 Å². The molecule has 2 aliphatic heterocycles. The lowest BCUT2D eigenvalue weighted by Gasteiger charge is -2.36. The zero-order valence-corrected chi connectivity index (χ0v) is 18.9. The number of nitrogens with two attached hydrogens (primary N) is 1. The Bertz CT molecular complexity index is 725. The molecule has 29 heavy (non-hydrogen) atoms. The van der Waals surface area contributed by atoms with Crippen molar-refractivity contribution in [1.29, 1.82) is 0 Å². The predicted octanol–water partition coefficient (Wildman–Crippen LogP) is 4.66. The molecule has 1 aliphatic carbocycles. The Morgan fingerprint density at radius 1 is 1.21 bits per heavy atom. The van der Waals surface area contributed by atoms with Crippen LogP contribution < -0.4 is 15.8 Å². The summed E-state index contributed by atoms with van der Waals surface area (Å²) in [5.41, 5.74) is 6.96. The van der Waals surface area contributed by atoms with Gasteiger partial charge in [0.05, 0.1) is 22.4 Å². The van der Waals surface area contributed by atoms with Gasteiger partial charge < -0.3 is 20.7 Å². The Hall–Kier alpha value is -1.17. The van der Waals surface area contributed by atoms with Crippen LogP contribution in [0.2, 0.25) is 5.02 Å². The molecule has 2 bridgehead atoms. The largest absolute Gasteiger partial charge is 0.490 e. The van der Waals surface area contributed by atoms with Crippen molar-refractivity contribution in [2.75, 3.05) is 12.8 Å². The van der Waals surface area contributed by atoms with E-state index in [2.05, 4.69) is 24.2 Å². The molecule has 1 amide bonds. The van der Waals surface area contributed by atoms with Crippen LogP contribution in [0, 0.1) is 5.92 Å². The fourth-order valence-corrected chi connectivity index (χ4v) is 5.52. The highest BCUT2D eigenvalue weighted by Crippen LogP contribution is 2.36. The van der Waals surface area contributed by atoms with Crippen LogP contribution in [0.4, 0.5) is 5.69 Å².